The predicted octanol–water partition coefficient (Wildman–Crippen LogP) is 3.84. The van der Waals surface area contributed by atoms with E-state index in [-0.39, 0.29) is 11.1 Å². The minimum Gasteiger partial charge on any atom is -0.504 e. The largest absolute Gasteiger partial charge is 0.504 e. The van der Waals surface area contributed by atoms with Gasteiger partial charge in [-0.05, 0) is 11.1 Å². The van der Waals surface area contributed by atoms with Crippen molar-refractivity contribution in [1.82, 2.24) is 0 Å². The van der Waals surface area contributed by atoms with E-state index in [0.29, 0.717) is 11.1 Å². The topological polar surface area (TPSA) is 80.9 Å². The molecule has 4 heteroatoms. The molecule has 0 aromatic heterocycles. The molecule has 0 amide bonds. The molecule has 0 aliphatic carbocycles. The van der Waals surface area contributed by atoms with Gasteiger partial charge in [0.1, 0.15) is 0 Å². The lowest BCUT2D eigenvalue weighted by atomic mass is 9.95. The molecular formula is C18H14O4. The Morgan fingerprint density at radius 2 is 0.682 bits per heavy atom. The number of rotatable bonds is 2. The zero-order valence-corrected chi connectivity index (χ0v) is 11.6. The summed E-state index contributed by atoms with van der Waals surface area (Å²) in [5.41, 5.74) is 0.969. The van der Waals surface area contributed by atoms with E-state index in [1.807, 2.05) is 0 Å². The van der Waals surface area contributed by atoms with Gasteiger partial charge in [-0.25, -0.2) is 0 Å². The normalized spacial score (nSPS) is 10.5. The quantitative estimate of drug-likeness (QED) is 0.427. The second-order valence-corrected chi connectivity index (χ2v) is 4.88. The molecule has 0 fully saturated rings. The summed E-state index contributed by atoms with van der Waals surface area (Å²) in [6, 6.07) is 17.1. The van der Waals surface area contributed by atoms with Crippen LogP contribution >= 0.6 is 0 Å². The summed E-state index contributed by atoms with van der Waals surface area (Å²) in [5.74, 6) is -1.89. The van der Waals surface area contributed by atoms with Crippen LogP contribution in [0.4, 0.5) is 0 Å². The van der Waals surface area contributed by atoms with Crippen molar-refractivity contribution >= 4 is 0 Å². The van der Waals surface area contributed by atoms with Crippen molar-refractivity contribution in [2.45, 2.75) is 0 Å². The van der Waals surface area contributed by atoms with Crippen LogP contribution < -0.4 is 0 Å². The van der Waals surface area contributed by atoms with Crippen LogP contribution in [-0.2, 0) is 0 Å². The van der Waals surface area contributed by atoms with Gasteiger partial charge in [0.25, 0.3) is 0 Å². The van der Waals surface area contributed by atoms with Crippen molar-refractivity contribution in [2.75, 3.05) is 0 Å². The van der Waals surface area contributed by atoms with Gasteiger partial charge < -0.3 is 20.4 Å². The third kappa shape index (κ3) is 2.11. The number of phenols is 4. The van der Waals surface area contributed by atoms with Crippen LogP contribution in [0.25, 0.3) is 22.3 Å². The lowest BCUT2D eigenvalue weighted by molar-refractivity contribution is 0.378. The van der Waals surface area contributed by atoms with E-state index in [4.69, 9.17) is 0 Å². The predicted molar refractivity (Wildman–Crippen MR) is 84.0 cm³/mol. The van der Waals surface area contributed by atoms with Gasteiger partial charge in [-0.3, -0.25) is 0 Å². The van der Waals surface area contributed by atoms with Gasteiger partial charge >= 0.3 is 0 Å². The number of hydrogen-bond donors (Lipinski definition) is 4. The Hall–Kier alpha value is -3.14. The van der Waals surface area contributed by atoms with Gasteiger partial charge in [-0.1, -0.05) is 60.7 Å². The van der Waals surface area contributed by atoms with Crippen molar-refractivity contribution < 1.29 is 20.4 Å². The highest BCUT2D eigenvalue weighted by Crippen LogP contribution is 2.54. The molecule has 0 heterocycles. The standard InChI is InChI=1S/C18H14O4/c19-15-13(11-7-3-1-4-8-11)16(20)18(22)14(17(15)21)12-9-5-2-6-10-12/h1-10,19-22H. The highest BCUT2D eigenvalue weighted by molar-refractivity contribution is 5.91. The maximum atomic E-state index is 10.3. The third-order valence-electron chi connectivity index (χ3n) is 3.52. The van der Waals surface area contributed by atoms with Crippen molar-refractivity contribution in [2.24, 2.45) is 0 Å². The highest BCUT2D eigenvalue weighted by atomic mass is 16.3. The maximum Gasteiger partial charge on any atom is 0.170 e. The summed E-state index contributed by atoms with van der Waals surface area (Å²) in [6.07, 6.45) is 0. The molecule has 0 unspecified atom stereocenters. The molecule has 0 aliphatic rings. The molecule has 4 nitrogen and oxygen atoms in total. The van der Waals surface area contributed by atoms with Crippen molar-refractivity contribution in [3.63, 3.8) is 0 Å². The second kappa shape index (κ2) is 5.33. The molecule has 22 heavy (non-hydrogen) atoms. The molecule has 3 rings (SSSR count). The minimum absolute atomic E-state index is 0.00437. The van der Waals surface area contributed by atoms with E-state index >= 15 is 0 Å². The fourth-order valence-corrected chi connectivity index (χ4v) is 2.45. The summed E-state index contributed by atoms with van der Waals surface area (Å²) >= 11 is 0. The molecule has 4 N–H and O–H groups in total. The highest BCUT2D eigenvalue weighted by Gasteiger charge is 2.24. The molecular weight excluding hydrogens is 280 g/mol. The number of hydrogen-bond acceptors (Lipinski definition) is 4. The molecule has 0 saturated carbocycles. The zero-order chi connectivity index (χ0) is 15.7. The minimum atomic E-state index is -0.472. The van der Waals surface area contributed by atoms with Crippen molar-refractivity contribution in [1.29, 1.82) is 0 Å². The first-order valence-corrected chi connectivity index (χ1v) is 6.72. The fraction of sp³-hybridized carbons (Fsp3) is 0. The van der Waals surface area contributed by atoms with Crippen LogP contribution in [0.15, 0.2) is 60.7 Å². The lowest BCUT2D eigenvalue weighted by Gasteiger charge is -2.15. The van der Waals surface area contributed by atoms with Gasteiger partial charge in [0.2, 0.25) is 0 Å². The molecule has 0 aliphatic heterocycles. The summed E-state index contributed by atoms with van der Waals surface area (Å²) in [7, 11) is 0. The van der Waals surface area contributed by atoms with Gasteiger partial charge in [-0.2, -0.15) is 0 Å². The monoisotopic (exact) mass is 294 g/mol. The Labute approximate surface area is 127 Å². The summed E-state index contributed by atoms with van der Waals surface area (Å²) in [4.78, 5) is 0. The van der Waals surface area contributed by atoms with E-state index < -0.39 is 23.0 Å². The fourth-order valence-electron chi connectivity index (χ4n) is 2.45. The molecule has 0 spiro atoms. The molecule has 3 aromatic rings. The van der Waals surface area contributed by atoms with Crippen LogP contribution in [0.5, 0.6) is 23.0 Å². The average Bonchev–Trinajstić information content (AvgIpc) is 2.55. The first kappa shape index (κ1) is 13.8. The van der Waals surface area contributed by atoms with Crippen LogP contribution in [0.3, 0.4) is 0 Å². The zero-order valence-electron chi connectivity index (χ0n) is 11.6. The SMILES string of the molecule is Oc1c(O)c(-c2ccccc2)c(O)c(O)c1-c1ccccc1. The molecule has 110 valence electrons. The third-order valence-corrected chi connectivity index (χ3v) is 3.52. The number of phenolic OH excluding ortho intramolecular Hbond substituents is 4. The Bertz CT molecular complexity index is 712. The van der Waals surface area contributed by atoms with Crippen LogP contribution in [0, 0.1) is 0 Å². The van der Waals surface area contributed by atoms with E-state index in [1.54, 1.807) is 60.7 Å². The van der Waals surface area contributed by atoms with E-state index in [1.165, 1.54) is 0 Å². The van der Waals surface area contributed by atoms with E-state index in [9.17, 15) is 20.4 Å². The summed E-state index contributed by atoms with van der Waals surface area (Å²) in [5, 5.41) is 41.1. The smallest absolute Gasteiger partial charge is 0.170 e. The van der Waals surface area contributed by atoms with Crippen molar-refractivity contribution in [3.05, 3.63) is 60.7 Å². The first-order chi connectivity index (χ1) is 10.6. The number of benzene rings is 3. The Balaban J connectivity index is 2.31. The maximum absolute atomic E-state index is 10.3. The van der Waals surface area contributed by atoms with Gasteiger partial charge in [0, 0.05) is 0 Å². The van der Waals surface area contributed by atoms with Gasteiger partial charge in [0.15, 0.2) is 23.0 Å². The lowest BCUT2D eigenvalue weighted by Crippen LogP contribution is -1.87. The molecule has 0 atom stereocenters. The van der Waals surface area contributed by atoms with Gasteiger partial charge in [-0.15, -0.1) is 0 Å². The van der Waals surface area contributed by atoms with E-state index in [0.717, 1.165) is 0 Å². The molecule has 3 aromatic carbocycles. The Morgan fingerprint density at radius 1 is 0.409 bits per heavy atom. The Kier molecular flexibility index (Phi) is 3.35. The van der Waals surface area contributed by atoms with Crippen LogP contribution in [0.2, 0.25) is 0 Å². The number of aromatic hydroxyl groups is 4. The molecule has 0 radical (unpaired) electrons. The average molecular weight is 294 g/mol. The summed E-state index contributed by atoms with van der Waals surface area (Å²) in [6.45, 7) is 0. The molecule has 0 saturated heterocycles. The van der Waals surface area contributed by atoms with E-state index in [2.05, 4.69) is 0 Å². The van der Waals surface area contributed by atoms with Crippen LogP contribution in [0.1, 0.15) is 0 Å². The molecule has 0 bridgehead atoms. The summed E-state index contributed by atoms with van der Waals surface area (Å²) < 4.78 is 0. The van der Waals surface area contributed by atoms with Crippen molar-refractivity contribution in [3.8, 4) is 45.3 Å². The second-order valence-electron chi connectivity index (χ2n) is 4.88. The van der Waals surface area contributed by atoms with Crippen LogP contribution in [-0.4, -0.2) is 20.4 Å². The van der Waals surface area contributed by atoms with Gasteiger partial charge in [0.05, 0.1) is 11.1 Å². The Morgan fingerprint density at radius 3 is 0.955 bits per heavy atom. The first-order valence-electron chi connectivity index (χ1n) is 6.72.